The van der Waals surface area contributed by atoms with Crippen LogP contribution in [0.3, 0.4) is 0 Å². The molecule has 20 heavy (non-hydrogen) atoms. The molecule has 1 heterocycles. The lowest BCUT2D eigenvalue weighted by molar-refractivity contribution is 0.0691. The highest BCUT2D eigenvalue weighted by molar-refractivity contribution is 6.92. The highest BCUT2D eigenvalue weighted by Crippen LogP contribution is 2.41. The van der Waals surface area contributed by atoms with Crippen LogP contribution in [0.2, 0.25) is 6.04 Å². The minimum atomic E-state index is -2.43. The van der Waals surface area contributed by atoms with Gasteiger partial charge in [0.2, 0.25) is 0 Å². The van der Waals surface area contributed by atoms with Gasteiger partial charge in [0.15, 0.2) is 0 Å². The Kier molecular flexibility index (Phi) is 8.17. The van der Waals surface area contributed by atoms with Crippen LogP contribution < -0.4 is 0 Å². The summed E-state index contributed by atoms with van der Waals surface area (Å²) in [5, 5.41) is 0. The van der Waals surface area contributed by atoms with Gasteiger partial charge in [0, 0.05) is 25.9 Å². The fourth-order valence-electron chi connectivity index (χ4n) is 3.13. The van der Waals surface area contributed by atoms with Crippen molar-refractivity contribution < 1.29 is 18.0 Å². The van der Waals surface area contributed by atoms with Crippen molar-refractivity contribution in [1.29, 1.82) is 0 Å². The molecule has 1 aliphatic heterocycles. The summed E-state index contributed by atoms with van der Waals surface area (Å²) in [5.41, 5.74) is 0. The predicted octanol–water partition coefficient (Wildman–Crippen LogP) is 3.05. The summed E-state index contributed by atoms with van der Waals surface area (Å²) in [4.78, 5) is 0. The SMILES string of the molecule is CCO[Si](CCC1CCC2OC2C1)(OCC)OCC.P. The molecule has 1 aliphatic carbocycles. The lowest BCUT2D eigenvalue weighted by Crippen LogP contribution is -2.46. The van der Waals surface area contributed by atoms with Crippen molar-refractivity contribution in [3.8, 4) is 0 Å². The Bertz CT molecular complexity index is 263. The molecule has 2 aliphatic rings. The molecule has 6 heteroatoms. The van der Waals surface area contributed by atoms with Crippen molar-refractivity contribution >= 4 is 18.7 Å². The Balaban J connectivity index is 0.00000200. The van der Waals surface area contributed by atoms with Crippen LogP contribution in [0.25, 0.3) is 0 Å². The summed E-state index contributed by atoms with van der Waals surface area (Å²) in [7, 11) is -2.43. The Morgan fingerprint density at radius 1 is 0.950 bits per heavy atom. The van der Waals surface area contributed by atoms with E-state index in [0.29, 0.717) is 32.0 Å². The van der Waals surface area contributed by atoms with E-state index in [2.05, 4.69) is 0 Å². The van der Waals surface area contributed by atoms with Crippen LogP contribution >= 0.6 is 9.90 Å². The molecule has 0 bridgehead atoms. The lowest BCUT2D eigenvalue weighted by Gasteiger charge is -2.30. The molecule has 2 rings (SSSR count). The first-order valence-electron chi connectivity index (χ1n) is 7.80. The molecule has 0 N–H and O–H groups in total. The zero-order chi connectivity index (χ0) is 13.7. The Morgan fingerprint density at radius 3 is 2.05 bits per heavy atom. The summed E-state index contributed by atoms with van der Waals surface area (Å²) in [6, 6.07) is 0.949. The average molecular weight is 322 g/mol. The zero-order valence-corrected chi connectivity index (χ0v) is 15.6. The summed E-state index contributed by atoms with van der Waals surface area (Å²) in [5.74, 6) is 0.761. The Labute approximate surface area is 127 Å². The van der Waals surface area contributed by atoms with Crippen LogP contribution in [0.1, 0.15) is 46.5 Å². The summed E-state index contributed by atoms with van der Waals surface area (Å²) in [6.07, 6.45) is 6.04. The summed E-state index contributed by atoms with van der Waals surface area (Å²) in [6.45, 7) is 8.06. The van der Waals surface area contributed by atoms with E-state index in [4.69, 9.17) is 18.0 Å². The lowest BCUT2D eigenvalue weighted by atomic mass is 9.88. The van der Waals surface area contributed by atoms with Crippen LogP contribution in [-0.4, -0.2) is 40.8 Å². The highest BCUT2D eigenvalue weighted by Gasteiger charge is 2.46. The van der Waals surface area contributed by atoms with Crippen LogP contribution in [0.5, 0.6) is 0 Å². The molecule has 0 aromatic carbocycles. The van der Waals surface area contributed by atoms with Gasteiger partial charge in [0.05, 0.1) is 12.2 Å². The summed E-state index contributed by atoms with van der Waals surface area (Å²) < 4.78 is 23.3. The average Bonchev–Trinajstić information content (AvgIpc) is 3.16. The standard InChI is InChI=1S/C14H28O4Si.H3P/c1-4-15-19(16-5-2,17-6-3)10-9-12-7-8-13-14(11-12)18-13;/h12-14H,4-11H2,1-3H3;1H3. The third-order valence-electron chi connectivity index (χ3n) is 4.06. The molecule has 0 amide bonds. The molecule has 4 unspecified atom stereocenters. The predicted molar refractivity (Wildman–Crippen MR) is 87.2 cm³/mol. The van der Waals surface area contributed by atoms with E-state index in [1.165, 1.54) is 19.3 Å². The van der Waals surface area contributed by atoms with E-state index in [1.807, 2.05) is 20.8 Å². The Morgan fingerprint density at radius 2 is 1.55 bits per heavy atom. The first-order valence-corrected chi connectivity index (χ1v) is 9.73. The number of hydrogen-bond acceptors (Lipinski definition) is 4. The van der Waals surface area contributed by atoms with Crippen molar-refractivity contribution in [2.45, 2.75) is 64.7 Å². The number of hydrogen-bond donors (Lipinski definition) is 0. The molecular weight excluding hydrogens is 291 g/mol. The third-order valence-corrected chi connectivity index (χ3v) is 7.15. The monoisotopic (exact) mass is 322 g/mol. The van der Waals surface area contributed by atoms with E-state index >= 15 is 0 Å². The van der Waals surface area contributed by atoms with Gasteiger partial charge in [-0.15, -0.1) is 0 Å². The van der Waals surface area contributed by atoms with Crippen molar-refractivity contribution in [2.75, 3.05) is 19.8 Å². The third kappa shape index (κ3) is 5.04. The van der Waals surface area contributed by atoms with Gasteiger partial charge in [0.1, 0.15) is 0 Å². The fraction of sp³-hybridized carbons (Fsp3) is 1.00. The normalized spacial score (nSPS) is 28.6. The van der Waals surface area contributed by atoms with Gasteiger partial charge in [-0.1, -0.05) is 0 Å². The topological polar surface area (TPSA) is 40.2 Å². The van der Waals surface area contributed by atoms with Crippen LogP contribution in [0.15, 0.2) is 0 Å². The van der Waals surface area contributed by atoms with E-state index in [0.717, 1.165) is 18.4 Å². The highest BCUT2D eigenvalue weighted by atomic mass is 31.0. The van der Waals surface area contributed by atoms with E-state index in [9.17, 15) is 0 Å². The first kappa shape index (κ1) is 18.5. The molecular formula is C14H31O4PSi. The maximum Gasteiger partial charge on any atom is 0.500 e. The summed E-state index contributed by atoms with van der Waals surface area (Å²) >= 11 is 0. The fourth-order valence-corrected chi connectivity index (χ4v) is 5.90. The second-order valence-electron chi connectivity index (χ2n) is 5.41. The number of ether oxygens (including phenoxy) is 1. The second kappa shape index (κ2) is 8.81. The van der Waals surface area contributed by atoms with Crippen LogP contribution in [0.4, 0.5) is 0 Å². The second-order valence-corrected chi connectivity index (χ2v) is 8.14. The number of epoxide rings is 1. The maximum absolute atomic E-state index is 5.90. The van der Waals surface area contributed by atoms with Crippen molar-refractivity contribution in [1.82, 2.24) is 0 Å². The van der Waals surface area contributed by atoms with Crippen molar-refractivity contribution in [3.05, 3.63) is 0 Å². The molecule has 0 aromatic heterocycles. The van der Waals surface area contributed by atoms with E-state index in [1.54, 1.807) is 0 Å². The molecule has 1 saturated heterocycles. The number of rotatable bonds is 9. The quantitative estimate of drug-likeness (QED) is 0.372. The molecule has 1 saturated carbocycles. The van der Waals surface area contributed by atoms with E-state index in [-0.39, 0.29) is 9.90 Å². The largest absolute Gasteiger partial charge is 0.500 e. The van der Waals surface area contributed by atoms with E-state index < -0.39 is 8.80 Å². The minimum absolute atomic E-state index is 0. The minimum Gasteiger partial charge on any atom is -0.374 e. The molecule has 4 atom stereocenters. The van der Waals surface area contributed by atoms with Crippen molar-refractivity contribution in [3.63, 3.8) is 0 Å². The molecule has 120 valence electrons. The van der Waals surface area contributed by atoms with Gasteiger partial charge in [-0.25, -0.2) is 0 Å². The van der Waals surface area contributed by atoms with Gasteiger partial charge in [-0.2, -0.15) is 9.90 Å². The van der Waals surface area contributed by atoms with Crippen LogP contribution in [-0.2, 0) is 18.0 Å². The van der Waals surface area contributed by atoms with Gasteiger partial charge in [-0.3, -0.25) is 0 Å². The van der Waals surface area contributed by atoms with Gasteiger partial charge >= 0.3 is 8.80 Å². The number of fused-ring (bicyclic) bond motifs is 1. The molecule has 0 spiro atoms. The molecule has 0 radical (unpaired) electrons. The Hall–Kier alpha value is 0.487. The molecule has 0 aromatic rings. The van der Waals surface area contributed by atoms with Crippen molar-refractivity contribution in [2.24, 2.45) is 5.92 Å². The molecule has 2 fully saturated rings. The maximum atomic E-state index is 5.90. The van der Waals surface area contributed by atoms with Gasteiger partial charge in [0.25, 0.3) is 0 Å². The van der Waals surface area contributed by atoms with Gasteiger partial charge in [-0.05, 0) is 52.4 Å². The van der Waals surface area contributed by atoms with Crippen LogP contribution in [0, 0.1) is 5.92 Å². The zero-order valence-electron chi connectivity index (χ0n) is 13.2. The first-order chi connectivity index (χ1) is 9.23. The molecule has 4 nitrogen and oxygen atoms in total. The van der Waals surface area contributed by atoms with Gasteiger partial charge < -0.3 is 18.0 Å². The smallest absolute Gasteiger partial charge is 0.374 e.